The number of rotatable bonds is 4. The molecule has 1 aliphatic heterocycles. The molecule has 7 heteroatoms. The Bertz CT molecular complexity index is 1280. The number of hydrogen-bond acceptors (Lipinski definition) is 4. The smallest absolute Gasteiger partial charge is 0.253 e. The lowest BCUT2D eigenvalue weighted by atomic mass is 10.0. The third-order valence-electron chi connectivity index (χ3n) is 6.21. The second-order valence-corrected chi connectivity index (χ2v) is 8.26. The van der Waals surface area contributed by atoms with E-state index in [1.807, 2.05) is 66.7 Å². The number of aromatic nitrogens is 2. The van der Waals surface area contributed by atoms with Crippen molar-refractivity contribution in [3.05, 3.63) is 90.1 Å². The van der Waals surface area contributed by atoms with E-state index in [0.29, 0.717) is 31.7 Å². The Morgan fingerprint density at radius 1 is 0.848 bits per heavy atom. The predicted molar refractivity (Wildman–Crippen MR) is 127 cm³/mol. The molecule has 5 rings (SSSR count). The maximum absolute atomic E-state index is 13.0. The van der Waals surface area contributed by atoms with Crippen LogP contribution in [0.15, 0.2) is 79.0 Å². The van der Waals surface area contributed by atoms with Gasteiger partial charge in [-0.15, -0.1) is 0 Å². The first kappa shape index (κ1) is 20.9. The minimum atomic E-state index is -0.722. The highest BCUT2D eigenvalue weighted by Gasteiger charge is 2.28. The van der Waals surface area contributed by atoms with Crippen LogP contribution in [-0.4, -0.2) is 58.0 Å². The van der Waals surface area contributed by atoms with Crippen LogP contribution in [0.2, 0.25) is 0 Å². The van der Waals surface area contributed by atoms with Gasteiger partial charge >= 0.3 is 0 Å². The molecular formula is C26H25N5O2. The predicted octanol–water partition coefficient (Wildman–Crippen LogP) is 3.21. The molecule has 4 aromatic rings. The molecule has 1 atom stereocenters. The van der Waals surface area contributed by atoms with E-state index < -0.39 is 6.04 Å². The molecule has 166 valence electrons. The highest BCUT2D eigenvalue weighted by Crippen LogP contribution is 2.23. The van der Waals surface area contributed by atoms with Crippen LogP contribution in [0.4, 0.5) is 0 Å². The third kappa shape index (κ3) is 4.23. The zero-order valence-electron chi connectivity index (χ0n) is 18.1. The van der Waals surface area contributed by atoms with Crippen molar-refractivity contribution in [1.82, 2.24) is 20.0 Å². The average Bonchev–Trinajstić information content (AvgIpc) is 3.36. The summed E-state index contributed by atoms with van der Waals surface area (Å²) < 4.78 is 0. The van der Waals surface area contributed by atoms with Gasteiger partial charge in [-0.05, 0) is 34.9 Å². The van der Waals surface area contributed by atoms with Gasteiger partial charge in [-0.25, -0.2) is 0 Å². The summed E-state index contributed by atoms with van der Waals surface area (Å²) in [4.78, 5) is 29.4. The summed E-state index contributed by atoms with van der Waals surface area (Å²) in [6, 6.07) is 22.7. The summed E-state index contributed by atoms with van der Waals surface area (Å²) >= 11 is 0. The Morgan fingerprint density at radius 2 is 1.52 bits per heavy atom. The van der Waals surface area contributed by atoms with Crippen LogP contribution >= 0.6 is 0 Å². The lowest BCUT2D eigenvalue weighted by molar-refractivity contribution is -0.134. The van der Waals surface area contributed by atoms with Crippen LogP contribution in [0.3, 0.4) is 0 Å². The standard InChI is InChI=1S/C26H25N5O2/c27-24(20-8-6-19(7-9-20)18-4-2-1-3-5-18)26(33)31-14-12-30(13-15-31)25(32)21-10-11-23-22(16-21)17-28-29-23/h1-11,16-17,24H,12-15,27H2,(H,28,29). The normalized spacial score (nSPS) is 14.9. The molecule has 1 fully saturated rings. The van der Waals surface area contributed by atoms with Gasteiger partial charge < -0.3 is 15.5 Å². The Labute approximate surface area is 191 Å². The van der Waals surface area contributed by atoms with Crippen LogP contribution in [0.25, 0.3) is 22.0 Å². The zero-order chi connectivity index (χ0) is 22.8. The van der Waals surface area contributed by atoms with Crippen molar-refractivity contribution in [1.29, 1.82) is 0 Å². The van der Waals surface area contributed by atoms with E-state index in [0.717, 1.165) is 27.6 Å². The number of nitrogens with two attached hydrogens (primary N) is 1. The Kier molecular flexibility index (Phi) is 5.62. The fourth-order valence-corrected chi connectivity index (χ4v) is 4.24. The number of H-pyrrole nitrogens is 1. The molecule has 0 aliphatic carbocycles. The molecule has 7 nitrogen and oxygen atoms in total. The average molecular weight is 440 g/mol. The van der Waals surface area contributed by atoms with Crippen LogP contribution < -0.4 is 5.73 Å². The highest BCUT2D eigenvalue weighted by molar-refractivity contribution is 5.98. The number of benzene rings is 3. The van der Waals surface area contributed by atoms with Crippen LogP contribution in [-0.2, 0) is 4.79 Å². The molecule has 0 radical (unpaired) electrons. The minimum Gasteiger partial charge on any atom is -0.337 e. The number of aromatic amines is 1. The molecule has 1 aromatic heterocycles. The van der Waals surface area contributed by atoms with E-state index in [1.54, 1.807) is 22.1 Å². The van der Waals surface area contributed by atoms with E-state index in [-0.39, 0.29) is 11.8 Å². The lowest BCUT2D eigenvalue weighted by Gasteiger charge is -2.36. The summed E-state index contributed by atoms with van der Waals surface area (Å²) in [7, 11) is 0. The summed E-state index contributed by atoms with van der Waals surface area (Å²) in [5, 5.41) is 7.79. The van der Waals surface area contributed by atoms with Gasteiger partial charge in [0.2, 0.25) is 5.91 Å². The van der Waals surface area contributed by atoms with Crippen molar-refractivity contribution in [2.24, 2.45) is 5.73 Å². The zero-order valence-corrected chi connectivity index (χ0v) is 18.1. The Hall–Kier alpha value is -3.97. The SMILES string of the molecule is NC(C(=O)N1CCN(C(=O)c2ccc3[nH]ncc3c2)CC1)c1ccc(-c2ccccc2)cc1. The summed E-state index contributed by atoms with van der Waals surface area (Å²) in [6.07, 6.45) is 1.70. The van der Waals surface area contributed by atoms with Gasteiger partial charge in [-0.2, -0.15) is 5.10 Å². The number of amides is 2. The number of carbonyl (C=O) groups is 2. The molecule has 1 saturated heterocycles. The van der Waals surface area contributed by atoms with Crippen molar-refractivity contribution >= 4 is 22.7 Å². The number of nitrogens with one attached hydrogen (secondary N) is 1. The van der Waals surface area contributed by atoms with Crippen LogP contribution in [0.1, 0.15) is 22.0 Å². The monoisotopic (exact) mass is 439 g/mol. The minimum absolute atomic E-state index is 0.0361. The van der Waals surface area contributed by atoms with Crippen molar-refractivity contribution in [2.45, 2.75) is 6.04 Å². The Balaban J connectivity index is 1.20. The molecule has 0 bridgehead atoms. The van der Waals surface area contributed by atoms with E-state index in [9.17, 15) is 9.59 Å². The number of nitrogens with zero attached hydrogens (tertiary/aromatic N) is 3. The number of hydrogen-bond donors (Lipinski definition) is 2. The molecule has 1 unspecified atom stereocenters. The van der Waals surface area contributed by atoms with Crippen molar-refractivity contribution in [2.75, 3.05) is 26.2 Å². The number of piperazine rings is 1. The van der Waals surface area contributed by atoms with E-state index >= 15 is 0 Å². The molecular weight excluding hydrogens is 414 g/mol. The maximum atomic E-state index is 13.0. The molecule has 33 heavy (non-hydrogen) atoms. The molecule has 2 heterocycles. The van der Waals surface area contributed by atoms with Crippen molar-refractivity contribution in [3.63, 3.8) is 0 Å². The molecule has 0 spiro atoms. The molecule has 3 N–H and O–H groups in total. The fourth-order valence-electron chi connectivity index (χ4n) is 4.24. The van der Waals surface area contributed by atoms with Crippen molar-refractivity contribution in [3.8, 4) is 11.1 Å². The summed E-state index contributed by atoms with van der Waals surface area (Å²) in [5.74, 6) is -0.152. The van der Waals surface area contributed by atoms with Gasteiger partial charge in [-0.1, -0.05) is 54.6 Å². The van der Waals surface area contributed by atoms with Gasteiger partial charge in [0.1, 0.15) is 6.04 Å². The Morgan fingerprint density at radius 3 is 2.24 bits per heavy atom. The number of fused-ring (bicyclic) bond motifs is 1. The first-order chi connectivity index (χ1) is 16.1. The number of carbonyl (C=O) groups excluding carboxylic acids is 2. The molecule has 1 aliphatic rings. The van der Waals surface area contributed by atoms with Gasteiger partial charge in [0.15, 0.2) is 0 Å². The molecule has 3 aromatic carbocycles. The first-order valence-corrected chi connectivity index (χ1v) is 11.0. The van der Waals surface area contributed by atoms with Gasteiger partial charge in [0.05, 0.1) is 11.7 Å². The van der Waals surface area contributed by atoms with E-state index in [4.69, 9.17) is 5.73 Å². The molecule has 2 amide bonds. The fraction of sp³-hybridized carbons (Fsp3) is 0.192. The molecule has 0 saturated carbocycles. The van der Waals surface area contributed by atoms with Gasteiger partial charge in [-0.3, -0.25) is 14.7 Å². The van der Waals surface area contributed by atoms with Gasteiger partial charge in [0.25, 0.3) is 5.91 Å². The van der Waals surface area contributed by atoms with E-state index in [1.165, 1.54) is 0 Å². The largest absolute Gasteiger partial charge is 0.337 e. The second-order valence-electron chi connectivity index (χ2n) is 8.26. The quantitative estimate of drug-likeness (QED) is 0.510. The van der Waals surface area contributed by atoms with Crippen LogP contribution in [0, 0.1) is 0 Å². The second kappa shape index (κ2) is 8.88. The summed E-state index contributed by atoms with van der Waals surface area (Å²) in [5.41, 5.74) is 10.8. The van der Waals surface area contributed by atoms with E-state index in [2.05, 4.69) is 10.2 Å². The summed E-state index contributed by atoms with van der Waals surface area (Å²) in [6.45, 7) is 1.89. The van der Waals surface area contributed by atoms with Crippen LogP contribution in [0.5, 0.6) is 0 Å². The maximum Gasteiger partial charge on any atom is 0.253 e. The first-order valence-electron chi connectivity index (χ1n) is 11.0. The van der Waals surface area contributed by atoms with Crippen molar-refractivity contribution < 1.29 is 9.59 Å². The topological polar surface area (TPSA) is 95.3 Å². The highest BCUT2D eigenvalue weighted by atomic mass is 16.2. The third-order valence-corrected chi connectivity index (χ3v) is 6.21. The lowest BCUT2D eigenvalue weighted by Crippen LogP contribution is -2.52. The van der Waals surface area contributed by atoms with Gasteiger partial charge in [0, 0.05) is 37.1 Å².